The molecule has 5 rings (SSSR count). The van der Waals surface area contributed by atoms with Crippen molar-refractivity contribution in [3.63, 3.8) is 0 Å². The molecular weight excluding hydrogens is 531 g/mol. The van der Waals surface area contributed by atoms with E-state index in [1.165, 1.54) is 0 Å². The second-order valence-electron chi connectivity index (χ2n) is 8.29. The summed E-state index contributed by atoms with van der Waals surface area (Å²) in [6.45, 7) is -0.349. The lowest BCUT2D eigenvalue weighted by Crippen LogP contribution is -2.17. The van der Waals surface area contributed by atoms with Gasteiger partial charge in [-0.05, 0) is 54.6 Å². The van der Waals surface area contributed by atoms with E-state index in [-0.39, 0.29) is 24.0 Å². The molecule has 0 radical (unpaired) electrons. The molecule has 3 aromatic carbocycles. The number of pyridine rings is 1. The summed E-state index contributed by atoms with van der Waals surface area (Å²) in [5.41, 5.74) is 2.72. The number of ether oxygens (including phenoxy) is 4. The summed E-state index contributed by atoms with van der Waals surface area (Å²) in [4.78, 5) is 17.1. The Labute approximate surface area is 225 Å². The first-order valence-corrected chi connectivity index (χ1v) is 11.7. The Morgan fingerprint density at radius 3 is 2.38 bits per heavy atom. The average Bonchev–Trinajstić information content (AvgIpc) is 3.43. The maximum Gasteiger partial charge on any atom is 0.573 e. The zero-order chi connectivity index (χ0) is 28.3. The molecule has 0 fully saturated rings. The summed E-state index contributed by atoms with van der Waals surface area (Å²) in [5, 5.41) is 8.87. The molecule has 0 aliphatic rings. The quantitative estimate of drug-likeness (QED) is 0.208. The number of carbonyl (C=O) groups is 1. The maximum atomic E-state index is 12.4. The Hall–Kier alpha value is -5.13. The van der Waals surface area contributed by atoms with E-state index in [4.69, 9.17) is 23.6 Å². The molecular formula is C28H20F3N3O6. The van der Waals surface area contributed by atoms with Gasteiger partial charge in [0.1, 0.15) is 5.75 Å². The van der Waals surface area contributed by atoms with E-state index < -0.39 is 18.1 Å². The minimum absolute atomic E-state index is 0.0222. The number of rotatable bonds is 8. The number of carbonyl (C=O) groups excluding carboxylic acids is 1. The fourth-order valence-electron chi connectivity index (χ4n) is 3.92. The van der Waals surface area contributed by atoms with Crippen LogP contribution in [0.25, 0.3) is 33.6 Å². The second-order valence-corrected chi connectivity index (χ2v) is 8.29. The maximum absolute atomic E-state index is 12.4. The standard InChI is InChI=1S/C28H20F3N3O6/c1-36-23-12-9-17(13-24(23)37-2)22-14-20(19-5-3-4-6-21(19)32-22)26-34-33-25(39-26)15-38-27(35)16-7-10-18(11-8-16)40-28(29,30)31/h3-14H,15H2,1-2H3. The van der Waals surface area contributed by atoms with Gasteiger partial charge in [0.05, 0.1) is 36.6 Å². The van der Waals surface area contributed by atoms with Crippen LogP contribution >= 0.6 is 0 Å². The van der Waals surface area contributed by atoms with Crippen molar-refractivity contribution in [3.05, 3.63) is 84.3 Å². The number of nitrogens with zero attached hydrogens (tertiary/aromatic N) is 3. The van der Waals surface area contributed by atoms with Crippen LogP contribution in [0.2, 0.25) is 0 Å². The third-order valence-corrected chi connectivity index (χ3v) is 5.74. The summed E-state index contributed by atoms with van der Waals surface area (Å²) in [5.74, 6) is 0.0786. The van der Waals surface area contributed by atoms with Gasteiger partial charge in [-0.25, -0.2) is 9.78 Å². The van der Waals surface area contributed by atoms with Gasteiger partial charge in [0.25, 0.3) is 5.89 Å². The minimum Gasteiger partial charge on any atom is -0.493 e. The topological polar surface area (TPSA) is 106 Å². The predicted octanol–water partition coefficient (Wildman–Crippen LogP) is 6.22. The van der Waals surface area contributed by atoms with Gasteiger partial charge in [-0.2, -0.15) is 0 Å². The molecule has 0 N–H and O–H groups in total. The van der Waals surface area contributed by atoms with Gasteiger partial charge in [-0.15, -0.1) is 23.4 Å². The molecule has 0 saturated heterocycles. The number of esters is 1. The van der Waals surface area contributed by atoms with Gasteiger partial charge >= 0.3 is 12.3 Å². The van der Waals surface area contributed by atoms with Crippen molar-refractivity contribution >= 4 is 16.9 Å². The van der Waals surface area contributed by atoms with E-state index in [1.54, 1.807) is 32.4 Å². The van der Waals surface area contributed by atoms with Crippen LogP contribution in [0.5, 0.6) is 17.2 Å². The number of alkyl halides is 3. The second kappa shape index (κ2) is 10.9. The number of para-hydroxylation sites is 1. The Bertz CT molecular complexity index is 1670. The molecule has 9 nitrogen and oxygen atoms in total. The Balaban J connectivity index is 1.37. The van der Waals surface area contributed by atoms with Crippen molar-refractivity contribution < 1.29 is 41.3 Å². The highest BCUT2D eigenvalue weighted by Crippen LogP contribution is 2.35. The van der Waals surface area contributed by atoms with Crippen molar-refractivity contribution in [1.29, 1.82) is 0 Å². The summed E-state index contributed by atoms with van der Waals surface area (Å²) >= 11 is 0. The molecule has 0 unspecified atom stereocenters. The highest BCUT2D eigenvalue weighted by molar-refractivity contribution is 5.94. The van der Waals surface area contributed by atoms with Gasteiger partial charge in [-0.3, -0.25) is 0 Å². The SMILES string of the molecule is COc1ccc(-c2cc(-c3nnc(COC(=O)c4ccc(OC(F)(F)F)cc4)o3)c3ccccc3n2)cc1OC. The summed E-state index contributed by atoms with van der Waals surface area (Å²) in [6.07, 6.45) is -4.83. The minimum atomic E-state index is -4.83. The smallest absolute Gasteiger partial charge is 0.493 e. The Morgan fingerprint density at radius 1 is 0.900 bits per heavy atom. The highest BCUT2D eigenvalue weighted by atomic mass is 19.4. The molecule has 12 heteroatoms. The van der Waals surface area contributed by atoms with Crippen LogP contribution in [0.1, 0.15) is 16.2 Å². The van der Waals surface area contributed by atoms with Crippen molar-refractivity contribution in [3.8, 4) is 40.0 Å². The summed E-state index contributed by atoms with van der Waals surface area (Å²) in [6, 6.07) is 19.0. The van der Waals surface area contributed by atoms with E-state index >= 15 is 0 Å². The van der Waals surface area contributed by atoms with Crippen LogP contribution in [0.3, 0.4) is 0 Å². The molecule has 2 heterocycles. The third-order valence-electron chi connectivity index (χ3n) is 5.74. The Kier molecular flexibility index (Phi) is 7.23. The van der Waals surface area contributed by atoms with Crippen LogP contribution in [-0.2, 0) is 11.3 Å². The molecule has 0 atom stereocenters. The van der Waals surface area contributed by atoms with E-state index in [2.05, 4.69) is 14.9 Å². The van der Waals surface area contributed by atoms with E-state index in [0.29, 0.717) is 28.3 Å². The molecule has 40 heavy (non-hydrogen) atoms. The highest BCUT2D eigenvalue weighted by Gasteiger charge is 2.31. The summed E-state index contributed by atoms with van der Waals surface area (Å²) < 4.78 is 62.5. The first kappa shape index (κ1) is 26.5. The lowest BCUT2D eigenvalue weighted by molar-refractivity contribution is -0.274. The van der Waals surface area contributed by atoms with Gasteiger partial charge in [0, 0.05) is 10.9 Å². The fourth-order valence-corrected chi connectivity index (χ4v) is 3.92. The zero-order valence-corrected chi connectivity index (χ0v) is 21.1. The number of halogens is 3. The number of methoxy groups -OCH3 is 2. The van der Waals surface area contributed by atoms with Crippen molar-refractivity contribution in [2.75, 3.05) is 14.2 Å². The fraction of sp³-hybridized carbons (Fsp3) is 0.143. The van der Waals surface area contributed by atoms with Crippen LogP contribution < -0.4 is 14.2 Å². The zero-order valence-electron chi connectivity index (χ0n) is 21.1. The molecule has 2 aromatic heterocycles. The monoisotopic (exact) mass is 551 g/mol. The van der Waals surface area contributed by atoms with Crippen LogP contribution in [0, 0.1) is 0 Å². The molecule has 204 valence electrons. The van der Waals surface area contributed by atoms with Crippen molar-refractivity contribution in [2.45, 2.75) is 13.0 Å². The molecule has 0 spiro atoms. The van der Waals surface area contributed by atoms with E-state index in [1.807, 2.05) is 30.3 Å². The van der Waals surface area contributed by atoms with E-state index in [0.717, 1.165) is 35.2 Å². The summed E-state index contributed by atoms with van der Waals surface area (Å²) in [7, 11) is 3.10. The first-order valence-electron chi connectivity index (χ1n) is 11.7. The van der Waals surface area contributed by atoms with Gasteiger partial charge in [0.2, 0.25) is 5.89 Å². The van der Waals surface area contributed by atoms with E-state index in [9.17, 15) is 18.0 Å². The lowest BCUT2D eigenvalue weighted by Gasteiger charge is -2.11. The Morgan fingerprint density at radius 2 is 1.65 bits per heavy atom. The van der Waals surface area contributed by atoms with Gasteiger partial charge in [0.15, 0.2) is 18.1 Å². The molecule has 0 saturated carbocycles. The molecule has 0 aliphatic heterocycles. The predicted molar refractivity (Wildman–Crippen MR) is 136 cm³/mol. The van der Waals surface area contributed by atoms with Crippen LogP contribution in [0.15, 0.2) is 77.2 Å². The van der Waals surface area contributed by atoms with Crippen LogP contribution in [0.4, 0.5) is 13.2 Å². The van der Waals surface area contributed by atoms with Gasteiger partial charge < -0.3 is 23.4 Å². The largest absolute Gasteiger partial charge is 0.573 e. The average molecular weight is 551 g/mol. The van der Waals surface area contributed by atoms with Crippen molar-refractivity contribution in [1.82, 2.24) is 15.2 Å². The number of hydrogen-bond donors (Lipinski definition) is 0. The molecule has 0 bridgehead atoms. The number of benzene rings is 3. The normalized spacial score (nSPS) is 11.3. The first-order chi connectivity index (χ1) is 19.2. The molecule has 5 aromatic rings. The van der Waals surface area contributed by atoms with Gasteiger partial charge in [-0.1, -0.05) is 18.2 Å². The number of aromatic nitrogens is 3. The number of hydrogen-bond acceptors (Lipinski definition) is 9. The number of fused-ring (bicyclic) bond motifs is 1. The van der Waals surface area contributed by atoms with Crippen LogP contribution in [-0.4, -0.2) is 41.7 Å². The lowest BCUT2D eigenvalue weighted by atomic mass is 10.0. The molecule has 0 amide bonds. The molecule has 0 aliphatic carbocycles. The third kappa shape index (κ3) is 5.80. The van der Waals surface area contributed by atoms with Crippen molar-refractivity contribution in [2.24, 2.45) is 0 Å².